The zero-order chi connectivity index (χ0) is 18.6. The van der Waals surface area contributed by atoms with E-state index >= 15 is 0 Å². The SMILES string of the molecule is CCOC(=O)c1ccccc1N(CC)S(=O)(=O)c1cc(Cl)ccc1Cl. The van der Waals surface area contributed by atoms with Crippen LogP contribution in [0.15, 0.2) is 47.4 Å². The Kier molecular flexibility index (Phi) is 6.32. The molecule has 0 amide bonds. The van der Waals surface area contributed by atoms with Crippen LogP contribution in [0.1, 0.15) is 24.2 Å². The standard InChI is InChI=1S/C17H17Cl2NO4S/c1-3-20(15-8-6-5-7-13(15)17(21)24-4-2)25(22,23)16-11-12(18)9-10-14(16)19/h5-11H,3-4H2,1-2H3. The molecule has 2 aromatic rings. The minimum absolute atomic E-state index is 0.0523. The van der Waals surface area contributed by atoms with Gasteiger partial charge in [-0.3, -0.25) is 4.31 Å². The Bertz CT molecular complexity index is 884. The molecule has 0 aliphatic heterocycles. The number of benzene rings is 2. The van der Waals surface area contributed by atoms with Gasteiger partial charge in [0.15, 0.2) is 0 Å². The number of carbonyl (C=O) groups excluding carboxylic acids is 1. The van der Waals surface area contributed by atoms with E-state index in [1.807, 2.05) is 0 Å². The summed E-state index contributed by atoms with van der Waals surface area (Å²) >= 11 is 12.0. The first kappa shape index (κ1) is 19.6. The lowest BCUT2D eigenvalue weighted by molar-refractivity contribution is 0.0527. The van der Waals surface area contributed by atoms with Crippen LogP contribution in [0, 0.1) is 0 Å². The average molecular weight is 402 g/mol. The number of halogens is 2. The van der Waals surface area contributed by atoms with E-state index in [0.717, 1.165) is 4.31 Å². The lowest BCUT2D eigenvalue weighted by Gasteiger charge is -2.25. The highest BCUT2D eigenvalue weighted by Crippen LogP contribution is 2.32. The molecule has 0 aliphatic rings. The van der Waals surface area contributed by atoms with E-state index in [1.165, 1.54) is 24.3 Å². The van der Waals surface area contributed by atoms with Crippen LogP contribution in [-0.4, -0.2) is 27.5 Å². The van der Waals surface area contributed by atoms with Crippen LogP contribution in [0.2, 0.25) is 10.0 Å². The zero-order valence-corrected chi connectivity index (χ0v) is 16.0. The van der Waals surface area contributed by atoms with E-state index in [1.54, 1.807) is 32.0 Å². The molecule has 5 nitrogen and oxygen atoms in total. The number of ether oxygens (including phenoxy) is 1. The monoisotopic (exact) mass is 401 g/mol. The van der Waals surface area contributed by atoms with Crippen LogP contribution in [0.4, 0.5) is 5.69 Å². The summed E-state index contributed by atoms with van der Waals surface area (Å²) < 4.78 is 32.3. The number of para-hydroxylation sites is 1. The smallest absolute Gasteiger partial charge is 0.340 e. The largest absolute Gasteiger partial charge is 0.462 e. The molecule has 2 aromatic carbocycles. The molecule has 0 saturated carbocycles. The predicted octanol–water partition coefficient (Wildman–Crippen LogP) is 4.39. The van der Waals surface area contributed by atoms with Crippen LogP contribution in [0.3, 0.4) is 0 Å². The minimum Gasteiger partial charge on any atom is -0.462 e. The summed E-state index contributed by atoms with van der Waals surface area (Å²) in [5.74, 6) is -0.594. The molecule has 0 fully saturated rings. The molecule has 0 unspecified atom stereocenters. The van der Waals surface area contributed by atoms with Gasteiger partial charge in [0.05, 0.1) is 22.9 Å². The highest BCUT2D eigenvalue weighted by atomic mass is 35.5. The number of sulfonamides is 1. The molecule has 0 bridgehead atoms. The van der Waals surface area contributed by atoms with E-state index in [4.69, 9.17) is 27.9 Å². The first-order valence-electron chi connectivity index (χ1n) is 7.56. The van der Waals surface area contributed by atoms with Gasteiger partial charge in [0, 0.05) is 11.6 Å². The molecule has 134 valence electrons. The number of anilines is 1. The highest BCUT2D eigenvalue weighted by Gasteiger charge is 2.29. The highest BCUT2D eigenvalue weighted by molar-refractivity contribution is 7.93. The molecule has 2 rings (SSSR count). The van der Waals surface area contributed by atoms with Crippen molar-refractivity contribution in [1.82, 2.24) is 0 Å². The summed E-state index contributed by atoms with van der Waals surface area (Å²) in [5, 5.41) is 0.300. The van der Waals surface area contributed by atoms with Crippen molar-refractivity contribution in [3.05, 3.63) is 58.1 Å². The average Bonchev–Trinajstić information content (AvgIpc) is 2.58. The van der Waals surface area contributed by atoms with Crippen LogP contribution in [0.5, 0.6) is 0 Å². The molecular formula is C17H17Cl2NO4S. The lowest BCUT2D eigenvalue weighted by Crippen LogP contribution is -2.32. The Labute approximate surface area is 157 Å². The van der Waals surface area contributed by atoms with E-state index in [0.29, 0.717) is 0 Å². The molecular weight excluding hydrogens is 385 g/mol. The minimum atomic E-state index is -4.02. The van der Waals surface area contributed by atoms with Crippen LogP contribution in [0.25, 0.3) is 0 Å². The van der Waals surface area contributed by atoms with Gasteiger partial charge >= 0.3 is 5.97 Å². The Hall–Kier alpha value is -1.76. The molecule has 0 atom stereocenters. The van der Waals surface area contributed by atoms with Gasteiger partial charge in [-0.05, 0) is 44.2 Å². The fourth-order valence-corrected chi connectivity index (χ4v) is 4.57. The van der Waals surface area contributed by atoms with Crippen LogP contribution in [-0.2, 0) is 14.8 Å². The van der Waals surface area contributed by atoms with Crippen LogP contribution >= 0.6 is 23.2 Å². The van der Waals surface area contributed by atoms with Gasteiger partial charge in [0.1, 0.15) is 4.90 Å². The molecule has 0 aromatic heterocycles. The van der Waals surface area contributed by atoms with E-state index in [9.17, 15) is 13.2 Å². The van der Waals surface area contributed by atoms with Gasteiger partial charge in [0.25, 0.3) is 10.0 Å². The first-order chi connectivity index (χ1) is 11.8. The third-order valence-electron chi connectivity index (χ3n) is 3.42. The number of hydrogen-bond donors (Lipinski definition) is 0. The fourth-order valence-electron chi connectivity index (χ4n) is 2.34. The summed E-state index contributed by atoms with van der Waals surface area (Å²) in [6.07, 6.45) is 0. The van der Waals surface area contributed by atoms with E-state index in [2.05, 4.69) is 0 Å². The van der Waals surface area contributed by atoms with Crippen molar-refractivity contribution in [3.8, 4) is 0 Å². The van der Waals surface area contributed by atoms with Gasteiger partial charge in [-0.2, -0.15) is 0 Å². The van der Waals surface area contributed by atoms with E-state index < -0.39 is 16.0 Å². The van der Waals surface area contributed by atoms with Gasteiger partial charge in [-0.25, -0.2) is 13.2 Å². The normalized spacial score (nSPS) is 11.2. The molecule has 0 heterocycles. The number of esters is 1. The number of nitrogens with zero attached hydrogens (tertiary/aromatic N) is 1. The molecule has 8 heteroatoms. The second-order valence-electron chi connectivity index (χ2n) is 4.98. The van der Waals surface area contributed by atoms with Crippen molar-refractivity contribution in [2.75, 3.05) is 17.5 Å². The van der Waals surface area contributed by atoms with Gasteiger partial charge in [-0.15, -0.1) is 0 Å². The Morgan fingerprint density at radius 1 is 1.12 bits per heavy atom. The third kappa shape index (κ3) is 4.08. The number of rotatable bonds is 6. The van der Waals surface area contributed by atoms with Crippen molar-refractivity contribution < 1.29 is 17.9 Å². The first-order valence-corrected chi connectivity index (χ1v) is 9.76. The topological polar surface area (TPSA) is 63.7 Å². The maximum atomic E-state index is 13.1. The van der Waals surface area contributed by atoms with Gasteiger partial charge < -0.3 is 4.74 Å². The quantitative estimate of drug-likeness (QED) is 0.673. The second-order valence-corrected chi connectivity index (χ2v) is 7.66. The maximum Gasteiger partial charge on any atom is 0.340 e. The summed E-state index contributed by atoms with van der Waals surface area (Å²) in [7, 11) is -4.02. The van der Waals surface area contributed by atoms with Gasteiger partial charge in [0.2, 0.25) is 0 Å². The molecule has 0 N–H and O–H groups in total. The summed E-state index contributed by atoms with van der Waals surface area (Å²) in [6.45, 7) is 3.63. The van der Waals surface area contributed by atoms with Crippen molar-refractivity contribution >= 4 is 44.9 Å². The van der Waals surface area contributed by atoms with Crippen molar-refractivity contribution in [3.63, 3.8) is 0 Å². The van der Waals surface area contributed by atoms with Crippen molar-refractivity contribution in [2.45, 2.75) is 18.7 Å². The molecule has 0 spiro atoms. The second kappa shape index (κ2) is 8.08. The zero-order valence-electron chi connectivity index (χ0n) is 13.7. The van der Waals surface area contributed by atoms with Gasteiger partial charge in [-0.1, -0.05) is 35.3 Å². The maximum absolute atomic E-state index is 13.1. The Morgan fingerprint density at radius 2 is 1.80 bits per heavy atom. The molecule has 0 saturated heterocycles. The summed E-state index contributed by atoms with van der Waals surface area (Å²) in [4.78, 5) is 12.1. The number of carbonyl (C=O) groups is 1. The lowest BCUT2D eigenvalue weighted by atomic mass is 10.2. The molecule has 25 heavy (non-hydrogen) atoms. The summed E-state index contributed by atoms with van der Waals surface area (Å²) in [6, 6.07) is 10.6. The van der Waals surface area contributed by atoms with Crippen molar-refractivity contribution in [1.29, 1.82) is 0 Å². The van der Waals surface area contributed by atoms with E-state index in [-0.39, 0.29) is 39.3 Å². The predicted molar refractivity (Wildman–Crippen MR) is 99.1 cm³/mol. The number of hydrogen-bond acceptors (Lipinski definition) is 4. The summed E-state index contributed by atoms with van der Waals surface area (Å²) in [5.41, 5.74) is 0.382. The molecule has 0 aliphatic carbocycles. The fraction of sp³-hybridized carbons (Fsp3) is 0.235. The van der Waals surface area contributed by atoms with Crippen LogP contribution < -0.4 is 4.31 Å². The van der Waals surface area contributed by atoms with Crippen molar-refractivity contribution in [2.24, 2.45) is 0 Å². The Morgan fingerprint density at radius 3 is 2.44 bits per heavy atom. The Balaban J connectivity index is 2.61. The third-order valence-corrected chi connectivity index (χ3v) is 6.02. The molecule has 0 radical (unpaired) electrons.